The highest BCUT2D eigenvalue weighted by Crippen LogP contribution is 2.29. The summed E-state index contributed by atoms with van der Waals surface area (Å²) in [6.45, 7) is 1.41. The molecular weight excluding hydrogens is 426 g/mol. The van der Waals surface area contributed by atoms with Crippen LogP contribution in [0.5, 0.6) is 0 Å². The van der Waals surface area contributed by atoms with E-state index in [1.165, 1.54) is 31.2 Å². The molecule has 1 N–H and O–H groups in total. The third-order valence-corrected chi connectivity index (χ3v) is 3.75. The number of carbonyl (C=O) groups excluding carboxylic acids is 2. The normalized spacial score (nSPS) is 11.0. The number of benzene rings is 2. The standard InChI is InChI=1S/C14H7Cl3O3.C3H5ClO2/c15-9-6-10(16)12(11(17)7-9)14(19)20-13(18)8-4-2-1-3-5-8;1-2(4)3(5)6/h1-7H;2H,1H3,(H,5,6). The van der Waals surface area contributed by atoms with Gasteiger partial charge in [0.15, 0.2) is 0 Å². The zero-order valence-electron chi connectivity index (χ0n) is 13.2. The van der Waals surface area contributed by atoms with Crippen LogP contribution in [0, 0.1) is 0 Å². The van der Waals surface area contributed by atoms with E-state index in [4.69, 9.17) is 56.2 Å². The maximum atomic E-state index is 11.9. The summed E-state index contributed by atoms with van der Waals surface area (Å²) in [5.74, 6) is -2.68. The number of carboxylic acids is 1. The lowest BCUT2D eigenvalue weighted by Gasteiger charge is -2.07. The zero-order valence-corrected chi connectivity index (χ0v) is 16.2. The maximum absolute atomic E-state index is 11.9. The Morgan fingerprint density at radius 1 is 0.962 bits per heavy atom. The number of hydrogen-bond acceptors (Lipinski definition) is 4. The van der Waals surface area contributed by atoms with Gasteiger partial charge in [-0.1, -0.05) is 53.0 Å². The second-order valence-electron chi connectivity index (χ2n) is 4.74. The Hall–Kier alpha value is -1.79. The van der Waals surface area contributed by atoms with Crippen LogP contribution in [-0.2, 0) is 9.53 Å². The molecule has 0 amide bonds. The largest absolute Gasteiger partial charge is 0.480 e. The van der Waals surface area contributed by atoms with Gasteiger partial charge in [-0.05, 0) is 31.2 Å². The predicted octanol–water partition coefficient (Wildman–Crippen LogP) is 5.34. The summed E-state index contributed by atoms with van der Waals surface area (Å²) in [5, 5.41) is 7.43. The second-order valence-corrected chi connectivity index (χ2v) is 6.65. The van der Waals surface area contributed by atoms with E-state index in [1.807, 2.05) is 0 Å². The molecule has 0 saturated heterocycles. The summed E-state index contributed by atoms with van der Waals surface area (Å²) in [4.78, 5) is 33.3. The molecule has 9 heteroatoms. The zero-order chi connectivity index (χ0) is 19.9. The fourth-order valence-electron chi connectivity index (χ4n) is 1.51. The van der Waals surface area contributed by atoms with Crippen molar-refractivity contribution in [1.82, 2.24) is 0 Å². The summed E-state index contributed by atoms with van der Waals surface area (Å²) in [5.41, 5.74) is 0.157. The SMILES string of the molecule is CC(Cl)C(=O)O.O=C(OC(=O)c1c(Cl)cc(Cl)cc1Cl)c1ccccc1. The highest BCUT2D eigenvalue weighted by molar-refractivity contribution is 6.42. The molecule has 0 aliphatic heterocycles. The van der Waals surface area contributed by atoms with E-state index in [0.717, 1.165) is 0 Å². The monoisotopic (exact) mass is 436 g/mol. The number of esters is 2. The Kier molecular flexibility index (Phi) is 8.88. The third kappa shape index (κ3) is 6.84. The first kappa shape index (κ1) is 22.3. The summed E-state index contributed by atoms with van der Waals surface area (Å²) in [6.07, 6.45) is 0. The van der Waals surface area contributed by atoms with Crippen molar-refractivity contribution >= 4 is 64.3 Å². The van der Waals surface area contributed by atoms with Crippen LogP contribution in [0.15, 0.2) is 42.5 Å². The molecule has 0 heterocycles. The van der Waals surface area contributed by atoms with Crippen molar-refractivity contribution in [1.29, 1.82) is 0 Å². The van der Waals surface area contributed by atoms with Gasteiger partial charge in [0, 0.05) is 5.02 Å². The van der Waals surface area contributed by atoms with Crippen LogP contribution >= 0.6 is 46.4 Å². The average Bonchev–Trinajstić information content (AvgIpc) is 2.55. The number of rotatable bonds is 3. The number of alkyl halides is 1. The number of carboxylic acid groups (broad SMARTS) is 1. The Bertz CT molecular complexity index is 783. The molecule has 0 aliphatic rings. The molecule has 138 valence electrons. The van der Waals surface area contributed by atoms with Crippen molar-refractivity contribution in [3.63, 3.8) is 0 Å². The molecule has 0 aliphatic carbocycles. The van der Waals surface area contributed by atoms with Crippen LogP contribution in [0.1, 0.15) is 27.6 Å². The van der Waals surface area contributed by atoms with Crippen LogP contribution in [0.25, 0.3) is 0 Å². The summed E-state index contributed by atoms with van der Waals surface area (Å²) in [6, 6.07) is 10.8. The van der Waals surface area contributed by atoms with Gasteiger partial charge in [-0.3, -0.25) is 4.79 Å². The lowest BCUT2D eigenvalue weighted by Crippen LogP contribution is -2.13. The molecule has 2 aromatic carbocycles. The minimum Gasteiger partial charge on any atom is -0.480 e. The molecular formula is C17H12Cl4O5. The average molecular weight is 438 g/mol. The van der Waals surface area contributed by atoms with E-state index in [2.05, 4.69) is 0 Å². The minimum atomic E-state index is -0.975. The Balaban J connectivity index is 0.000000487. The van der Waals surface area contributed by atoms with Crippen molar-refractivity contribution in [3.05, 3.63) is 68.7 Å². The van der Waals surface area contributed by atoms with E-state index < -0.39 is 23.3 Å². The van der Waals surface area contributed by atoms with E-state index in [-0.39, 0.29) is 26.2 Å². The molecule has 1 unspecified atom stereocenters. The summed E-state index contributed by atoms with van der Waals surface area (Å²) < 4.78 is 4.73. The molecule has 0 bridgehead atoms. The number of hydrogen-bond donors (Lipinski definition) is 1. The van der Waals surface area contributed by atoms with Crippen molar-refractivity contribution in [3.8, 4) is 0 Å². The van der Waals surface area contributed by atoms with Crippen LogP contribution in [0.4, 0.5) is 0 Å². The Morgan fingerprint density at radius 2 is 1.42 bits per heavy atom. The van der Waals surface area contributed by atoms with Gasteiger partial charge in [0.05, 0.1) is 21.2 Å². The smallest absolute Gasteiger partial charge is 0.349 e. The van der Waals surface area contributed by atoms with E-state index in [9.17, 15) is 14.4 Å². The molecule has 0 fully saturated rings. The fourth-order valence-corrected chi connectivity index (χ4v) is 2.48. The molecule has 2 aromatic rings. The van der Waals surface area contributed by atoms with Crippen molar-refractivity contribution in [2.45, 2.75) is 12.3 Å². The topological polar surface area (TPSA) is 80.7 Å². The van der Waals surface area contributed by atoms with Crippen LogP contribution in [0.2, 0.25) is 15.1 Å². The first-order valence-corrected chi connectivity index (χ1v) is 8.53. The Labute approximate surface area is 169 Å². The molecule has 0 saturated carbocycles. The van der Waals surface area contributed by atoms with Gasteiger partial charge in [0.1, 0.15) is 5.38 Å². The van der Waals surface area contributed by atoms with Gasteiger partial charge < -0.3 is 9.84 Å². The Morgan fingerprint density at radius 3 is 1.85 bits per heavy atom. The van der Waals surface area contributed by atoms with E-state index >= 15 is 0 Å². The fraction of sp³-hybridized carbons (Fsp3) is 0.118. The molecule has 5 nitrogen and oxygen atoms in total. The molecule has 2 rings (SSSR count). The van der Waals surface area contributed by atoms with Gasteiger partial charge >= 0.3 is 17.9 Å². The molecule has 0 spiro atoms. The van der Waals surface area contributed by atoms with Gasteiger partial charge in [0.2, 0.25) is 0 Å². The number of aliphatic carboxylic acids is 1. The first-order valence-electron chi connectivity index (χ1n) is 6.96. The van der Waals surface area contributed by atoms with Crippen LogP contribution in [-0.4, -0.2) is 28.4 Å². The predicted molar refractivity (Wildman–Crippen MR) is 101 cm³/mol. The minimum absolute atomic E-state index is 0.0216. The molecule has 0 radical (unpaired) electrons. The summed E-state index contributed by atoms with van der Waals surface area (Å²) in [7, 11) is 0. The van der Waals surface area contributed by atoms with E-state index in [0.29, 0.717) is 0 Å². The van der Waals surface area contributed by atoms with Crippen LogP contribution in [0.3, 0.4) is 0 Å². The molecule has 0 aromatic heterocycles. The number of ether oxygens (including phenoxy) is 1. The van der Waals surface area contributed by atoms with Crippen molar-refractivity contribution < 1.29 is 24.2 Å². The first-order chi connectivity index (χ1) is 12.1. The van der Waals surface area contributed by atoms with Crippen molar-refractivity contribution in [2.75, 3.05) is 0 Å². The second kappa shape index (κ2) is 10.4. The quantitative estimate of drug-likeness (QED) is 0.398. The van der Waals surface area contributed by atoms with Gasteiger partial charge in [0.25, 0.3) is 0 Å². The lowest BCUT2D eigenvalue weighted by molar-refractivity contribution is -0.136. The van der Waals surface area contributed by atoms with E-state index in [1.54, 1.807) is 18.2 Å². The van der Waals surface area contributed by atoms with Crippen LogP contribution < -0.4 is 0 Å². The van der Waals surface area contributed by atoms with Gasteiger partial charge in [-0.2, -0.15) is 0 Å². The maximum Gasteiger partial charge on any atom is 0.349 e. The highest BCUT2D eigenvalue weighted by atomic mass is 35.5. The highest BCUT2D eigenvalue weighted by Gasteiger charge is 2.21. The third-order valence-electron chi connectivity index (χ3n) is 2.75. The lowest BCUT2D eigenvalue weighted by atomic mass is 10.2. The number of halogens is 4. The van der Waals surface area contributed by atoms with Gasteiger partial charge in [-0.25, -0.2) is 9.59 Å². The number of carbonyl (C=O) groups is 3. The summed E-state index contributed by atoms with van der Waals surface area (Å²) >= 11 is 22.5. The molecule has 1 atom stereocenters. The van der Waals surface area contributed by atoms with Crippen molar-refractivity contribution in [2.24, 2.45) is 0 Å². The van der Waals surface area contributed by atoms with Gasteiger partial charge in [-0.15, -0.1) is 11.6 Å². The molecule has 26 heavy (non-hydrogen) atoms.